The molecule has 0 saturated carbocycles. The smallest absolute Gasteiger partial charge is 0.225 e. The van der Waals surface area contributed by atoms with Crippen molar-refractivity contribution < 1.29 is 4.74 Å². The van der Waals surface area contributed by atoms with Gasteiger partial charge in [-0.1, -0.05) is 48.5 Å². The van der Waals surface area contributed by atoms with Crippen molar-refractivity contribution in [3.05, 3.63) is 97.0 Å². The minimum atomic E-state index is 0.0939. The van der Waals surface area contributed by atoms with E-state index in [9.17, 15) is 0 Å². The highest BCUT2D eigenvalue weighted by Crippen LogP contribution is 2.28. The van der Waals surface area contributed by atoms with Crippen molar-refractivity contribution in [2.45, 2.75) is 13.0 Å². The molecule has 6 nitrogen and oxygen atoms in total. The van der Waals surface area contributed by atoms with Gasteiger partial charge in [0.1, 0.15) is 17.9 Å². The van der Waals surface area contributed by atoms with Gasteiger partial charge in [-0.25, -0.2) is 9.97 Å². The number of ether oxygens (including phenoxy) is 1. The number of rotatable bonds is 6. The Morgan fingerprint density at radius 3 is 2.56 bits per heavy atom. The third-order valence-electron chi connectivity index (χ3n) is 5.48. The van der Waals surface area contributed by atoms with Crippen molar-refractivity contribution in [1.29, 1.82) is 0 Å². The highest BCUT2D eigenvalue weighted by molar-refractivity contribution is 5.83. The van der Waals surface area contributed by atoms with E-state index in [1.807, 2.05) is 47.0 Å². The molecule has 3 aromatic carbocycles. The van der Waals surface area contributed by atoms with Gasteiger partial charge in [-0.3, -0.25) is 4.57 Å². The largest absolute Gasteiger partial charge is 0.497 e. The van der Waals surface area contributed by atoms with E-state index in [-0.39, 0.29) is 6.04 Å². The summed E-state index contributed by atoms with van der Waals surface area (Å²) >= 11 is 0. The van der Waals surface area contributed by atoms with Crippen molar-refractivity contribution in [2.24, 2.45) is 0 Å². The van der Waals surface area contributed by atoms with Crippen LogP contribution in [0.1, 0.15) is 18.5 Å². The van der Waals surface area contributed by atoms with Gasteiger partial charge < -0.3 is 10.1 Å². The summed E-state index contributed by atoms with van der Waals surface area (Å²) in [6, 6.07) is 26.5. The molecule has 1 unspecified atom stereocenters. The van der Waals surface area contributed by atoms with E-state index in [1.165, 1.54) is 5.56 Å². The van der Waals surface area contributed by atoms with Crippen LogP contribution in [-0.4, -0.2) is 26.6 Å². The molecule has 6 heteroatoms. The average Bonchev–Trinajstić information content (AvgIpc) is 3.28. The van der Waals surface area contributed by atoms with E-state index in [0.29, 0.717) is 5.95 Å². The molecule has 2 heterocycles. The minimum Gasteiger partial charge on any atom is -0.497 e. The molecule has 0 spiro atoms. The Morgan fingerprint density at radius 2 is 1.72 bits per heavy atom. The number of hydrogen-bond acceptors (Lipinski definition) is 5. The van der Waals surface area contributed by atoms with Crippen LogP contribution in [0.4, 0.5) is 5.95 Å². The van der Waals surface area contributed by atoms with Gasteiger partial charge >= 0.3 is 0 Å². The molecule has 5 rings (SSSR count). The van der Waals surface area contributed by atoms with E-state index < -0.39 is 0 Å². The lowest BCUT2D eigenvalue weighted by Gasteiger charge is -2.14. The molecule has 158 valence electrons. The Labute approximate surface area is 186 Å². The Morgan fingerprint density at radius 1 is 0.875 bits per heavy atom. The topological polar surface area (TPSA) is 64.9 Å². The van der Waals surface area contributed by atoms with Crippen molar-refractivity contribution >= 4 is 17.0 Å². The standard InChI is InChI=1S/C26H23N5O/c1-18(19-7-4-3-5-8-19)29-26-27-14-13-25(30-26)31-17-28-23-16-21(11-12-24(23)31)20-9-6-10-22(15-20)32-2/h3-18H,1-2H3,(H,27,29,30). The summed E-state index contributed by atoms with van der Waals surface area (Å²) in [5.74, 6) is 2.17. The van der Waals surface area contributed by atoms with Gasteiger partial charge in [-0.05, 0) is 53.9 Å². The summed E-state index contributed by atoms with van der Waals surface area (Å²) in [4.78, 5) is 13.7. The number of fused-ring (bicyclic) bond motifs is 1. The van der Waals surface area contributed by atoms with E-state index >= 15 is 0 Å². The highest BCUT2D eigenvalue weighted by atomic mass is 16.5. The molecule has 0 fully saturated rings. The SMILES string of the molecule is COc1cccc(-c2ccc3c(c2)ncn3-c2ccnc(NC(C)c3ccccc3)n2)c1. The molecule has 0 amide bonds. The second kappa shape index (κ2) is 8.51. The van der Waals surface area contributed by atoms with E-state index in [2.05, 4.69) is 58.6 Å². The monoisotopic (exact) mass is 421 g/mol. The van der Waals surface area contributed by atoms with Gasteiger partial charge in [0, 0.05) is 6.20 Å². The fourth-order valence-electron chi connectivity index (χ4n) is 3.75. The van der Waals surface area contributed by atoms with Crippen LogP contribution in [0.15, 0.2) is 91.4 Å². The lowest BCUT2D eigenvalue weighted by atomic mass is 10.0. The van der Waals surface area contributed by atoms with E-state index in [0.717, 1.165) is 33.7 Å². The van der Waals surface area contributed by atoms with Crippen LogP contribution in [0.3, 0.4) is 0 Å². The molecule has 0 bridgehead atoms. The lowest BCUT2D eigenvalue weighted by molar-refractivity contribution is 0.415. The molecule has 1 N–H and O–H groups in total. The maximum absolute atomic E-state index is 5.35. The molecule has 1 atom stereocenters. The summed E-state index contributed by atoms with van der Waals surface area (Å²) in [5.41, 5.74) is 5.24. The Kier molecular flexibility index (Phi) is 5.25. The molecular weight excluding hydrogens is 398 g/mol. The first kappa shape index (κ1) is 19.8. The fourth-order valence-corrected chi connectivity index (χ4v) is 3.75. The molecule has 32 heavy (non-hydrogen) atoms. The van der Waals surface area contributed by atoms with Gasteiger partial charge in [0.15, 0.2) is 0 Å². The van der Waals surface area contributed by atoms with Crippen LogP contribution in [0.5, 0.6) is 5.75 Å². The van der Waals surface area contributed by atoms with Crippen LogP contribution in [0.2, 0.25) is 0 Å². The number of nitrogens with one attached hydrogen (secondary N) is 1. The first-order chi connectivity index (χ1) is 15.7. The van der Waals surface area contributed by atoms with Gasteiger partial charge in [0.2, 0.25) is 5.95 Å². The predicted molar refractivity (Wildman–Crippen MR) is 127 cm³/mol. The minimum absolute atomic E-state index is 0.0939. The van der Waals surface area contributed by atoms with Gasteiger partial charge in [-0.2, -0.15) is 4.98 Å². The van der Waals surface area contributed by atoms with Crippen molar-refractivity contribution in [3.8, 4) is 22.7 Å². The van der Waals surface area contributed by atoms with Crippen LogP contribution in [-0.2, 0) is 0 Å². The molecule has 0 aliphatic rings. The van der Waals surface area contributed by atoms with E-state index in [1.54, 1.807) is 19.6 Å². The number of aromatic nitrogens is 4. The number of nitrogens with zero attached hydrogens (tertiary/aromatic N) is 4. The summed E-state index contributed by atoms with van der Waals surface area (Å²) < 4.78 is 7.33. The predicted octanol–water partition coefficient (Wildman–Crippen LogP) is 5.66. The normalized spacial score (nSPS) is 11.9. The third-order valence-corrected chi connectivity index (χ3v) is 5.48. The van der Waals surface area contributed by atoms with Crippen molar-refractivity contribution in [1.82, 2.24) is 19.5 Å². The first-order valence-electron chi connectivity index (χ1n) is 10.5. The molecule has 0 saturated heterocycles. The molecule has 5 aromatic rings. The maximum atomic E-state index is 5.35. The number of anilines is 1. The molecule has 0 radical (unpaired) electrons. The third kappa shape index (κ3) is 3.90. The fraction of sp³-hybridized carbons (Fsp3) is 0.115. The van der Waals surface area contributed by atoms with Crippen LogP contribution in [0, 0.1) is 0 Å². The van der Waals surface area contributed by atoms with Crippen molar-refractivity contribution in [2.75, 3.05) is 12.4 Å². The van der Waals surface area contributed by atoms with Gasteiger partial charge in [0.25, 0.3) is 0 Å². The molecular formula is C26H23N5O. The average molecular weight is 422 g/mol. The number of imidazole rings is 1. The second-order valence-electron chi connectivity index (χ2n) is 7.57. The quantitative estimate of drug-likeness (QED) is 0.383. The lowest BCUT2D eigenvalue weighted by Crippen LogP contribution is -2.10. The van der Waals surface area contributed by atoms with Gasteiger partial charge in [-0.15, -0.1) is 0 Å². The molecule has 0 aliphatic carbocycles. The van der Waals surface area contributed by atoms with Crippen molar-refractivity contribution in [3.63, 3.8) is 0 Å². The highest BCUT2D eigenvalue weighted by Gasteiger charge is 2.11. The van der Waals surface area contributed by atoms with Crippen LogP contribution >= 0.6 is 0 Å². The van der Waals surface area contributed by atoms with Crippen LogP contribution < -0.4 is 10.1 Å². The van der Waals surface area contributed by atoms with E-state index in [4.69, 9.17) is 9.72 Å². The zero-order valence-electron chi connectivity index (χ0n) is 17.9. The first-order valence-corrected chi connectivity index (χ1v) is 10.5. The van der Waals surface area contributed by atoms with Crippen LogP contribution in [0.25, 0.3) is 28.0 Å². The second-order valence-corrected chi connectivity index (χ2v) is 7.57. The summed E-state index contributed by atoms with van der Waals surface area (Å²) in [6.45, 7) is 2.10. The summed E-state index contributed by atoms with van der Waals surface area (Å²) in [5, 5.41) is 3.38. The Hall–Kier alpha value is -4.19. The summed E-state index contributed by atoms with van der Waals surface area (Å²) in [6.07, 6.45) is 3.56. The summed E-state index contributed by atoms with van der Waals surface area (Å²) in [7, 11) is 1.68. The maximum Gasteiger partial charge on any atom is 0.225 e. The Bertz CT molecular complexity index is 1360. The number of hydrogen-bond donors (Lipinski definition) is 1. The zero-order valence-corrected chi connectivity index (χ0v) is 17.9. The molecule has 0 aliphatic heterocycles. The zero-order chi connectivity index (χ0) is 21.9. The van der Waals surface area contributed by atoms with Gasteiger partial charge in [0.05, 0.1) is 24.2 Å². The Balaban J connectivity index is 1.44. The number of methoxy groups -OCH3 is 1. The number of benzene rings is 3. The molecule has 2 aromatic heterocycles.